The number of aliphatic hydroxyl groups excluding tert-OH is 5. The molecule has 0 spiro atoms. The van der Waals surface area contributed by atoms with Crippen molar-refractivity contribution in [1.82, 2.24) is 5.32 Å². The topological polar surface area (TPSA) is 149 Å². The molecule has 1 amide bonds. The molecule has 7 atom stereocenters. The quantitative estimate of drug-likeness (QED) is 0.0269. The van der Waals surface area contributed by atoms with Gasteiger partial charge in [-0.1, -0.05) is 165 Å². The number of allylic oxidation sites excluding steroid dienone is 7. The van der Waals surface area contributed by atoms with E-state index in [1.165, 1.54) is 103 Å². The van der Waals surface area contributed by atoms with Crippen molar-refractivity contribution < 1.29 is 39.8 Å². The highest BCUT2D eigenvalue weighted by Gasteiger charge is 2.44. The molecule has 326 valence electrons. The van der Waals surface area contributed by atoms with E-state index >= 15 is 0 Å². The summed E-state index contributed by atoms with van der Waals surface area (Å²) in [7, 11) is 0. The summed E-state index contributed by atoms with van der Waals surface area (Å²) in [6.07, 6.45) is 40.3. The van der Waals surface area contributed by atoms with E-state index in [9.17, 15) is 30.3 Å². The Morgan fingerprint density at radius 2 is 1.04 bits per heavy atom. The number of carbonyl (C=O) groups excluding carboxylic acids is 1. The third-order valence-corrected chi connectivity index (χ3v) is 10.6. The summed E-state index contributed by atoms with van der Waals surface area (Å²) < 4.78 is 11.2. The molecule has 1 saturated heterocycles. The molecule has 0 aliphatic carbocycles. The molecule has 0 aromatic heterocycles. The van der Waals surface area contributed by atoms with Gasteiger partial charge in [0.15, 0.2) is 6.29 Å². The van der Waals surface area contributed by atoms with Gasteiger partial charge in [-0.3, -0.25) is 4.79 Å². The number of unbranched alkanes of at least 4 members (excludes halogenated alkanes) is 21. The maximum atomic E-state index is 12.9. The zero-order chi connectivity index (χ0) is 40.9. The summed E-state index contributed by atoms with van der Waals surface area (Å²) >= 11 is 0. The molecule has 56 heavy (non-hydrogen) atoms. The van der Waals surface area contributed by atoms with Gasteiger partial charge in [0.25, 0.3) is 0 Å². The fourth-order valence-corrected chi connectivity index (χ4v) is 6.87. The van der Waals surface area contributed by atoms with Crippen LogP contribution < -0.4 is 5.32 Å². The van der Waals surface area contributed by atoms with Crippen molar-refractivity contribution in [3.8, 4) is 0 Å². The second-order valence-electron chi connectivity index (χ2n) is 15.8. The SMILES string of the molecule is CCCC/C=C\CCCCCCC(=O)NC(COC1OC(CO)C(O)C(O)C1O)C(O)/C=C/CC/C=C/CC/C=C/CCCCCCCCCCCCCCC. The predicted octanol–water partition coefficient (Wildman–Crippen LogP) is 9.45. The minimum Gasteiger partial charge on any atom is -0.394 e. The molecular weight excluding hydrogens is 707 g/mol. The molecule has 9 nitrogen and oxygen atoms in total. The summed E-state index contributed by atoms with van der Waals surface area (Å²) in [4.78, 5) is 12.9. The molecule has 1 fully saturated rings. The molecule has 1 rings (SSSR count). The van der Waals surface area contributed by atoms with Crippen molar-refractivity contribution in [2.24, 2.45) is 0 Å². The molecule has 6 N–H and O–H groups in total. The van der Waals surface area contributed by atoms with Crippen LogP contribution in [-0.2, 0) is 14.3 Å². The van der Waals surface area contributed by atoms with Gasteiger partial charge in [0.2, 0.25) is 5.91 Å². The molecule has 1 heterocycles. The van der Waals surface area contributed by atoms with Crippen LogP contribution in [0.4, 0.5) is 0 Å². The zero-order valence-corrected chi connectivity index (χ0v) is 35.6. The molecule has 9 heteroatoms. The first-order chi connectivity index (χ1) is 27.3. The van der Waals surface area contributed by atoms with E-state index < -0.39 is 49.5 Å². The number of rotatable bonds is 37. The highest BCUT2D eigenvalue weighted by Crippen LogP contribution is 2.22. The van der Waals surface area contributed by atoms with E-state index in [1.807, 2.05) is 6.08 Å². The van der Waals surface area contributed by atoms with Crippen LogP contribution in [0.3, 0.4) is 0 Å². The Morgan fingerprint density at radius 1 is 0.589 bits per heavy atom. The van der Waals surface area contributed by atoms with Crippen molar-refractivity contribution in [1.29, 1.82) is 0 Å². The minimum atomic E-state index is -1.58. The standard InChI is InChI=1S/C47H85NO8/c1-3-5-7-9-11-13-15-16-17-18-19-20-21-22-23-24-25-26-27-28-30-32-34-36-41(50)40(39-55-47-46(54)45(53)44(52)42(38-49)56-47)48-43(51)37-35-33-31-29-14-12-10-8-6-4-2/h10,12,23-24,27-28,34,36,40-42,44-47,49-50,52-54H,3-9,11,13-22,25-26,29-33,35,37-39H2,1-2H3,(H,48,51)/b12-10-,24-23+,28-27+,36-34+. The van der Waals surface area contributed by atoms with Crippen LogP contribution in [0.15, 0.2) is 48.6 Å². The number of hydrogen-bond donors (Lipinski definition) is 6. The molecule has 7 unspecified atom stereocenters. The molecule has 1 aliphatic rings. The van der Waals surface area contributed by atoms with Gasteiger partial charge in [0.05, 0.1) is 25.4 Å². The van der Waals surface area contributed by atoms with Gasteiger partial charge >= 0.3 is 0 Å². The molecule has 0 radical (unpaired) electrons. The van der Waals surface area contributed by atoms with E-state index in [0.29, 0.717) is 6.42 Å². The number of amides is 1. The fraction of sp³-hybridized carbons (Fsp3) is 0.809. The number of nitrogens with one attached hydrogen (secondary N) is 1. The summed E-state index contributed by atoms with van der Waals surface area (Å²) in [5, 5.41) is 54.0. The Balaban J connectivity index is 2.35. The average molecular weight is 792 g/mol. The highest BCUT2D eigenvalue weighted by atomic mass is 16.7. The zero-order valence-electron chi connectivity index (χ0n) is 35.6. The van der Waals surface area contributed by atoms with Crippen molar-refractivity contribution in [3.63, 3.8) is 0 Å². The molecule has 1 aliphatic heterocycles. The summed E-state index contributed by atoms with van der Waals surface area (Å²) in [5.74, 6) is -0.208. The second kappa shape index (κ2) is 37.4. The van der Waals surface area contributed by atoms with Crippen molar-refractivity contribution in [3.05, 3.63) is 48.6 Å². The number of carbonyl (C=O) groups is 1. The monoisotopic (exact) mass is 792 g/mol. The smallest absolute Gasteiger partial charge is 0.220 e. The van der Waals surface area contributed by atoms with Gasteiger partial charge in [-0.15, -0.1) is 0 Å². The Kier molecular flexibility index (Phi) is 34.9. The van der Waals surface area contributed by atoms with Crippen molar-refractivity contribution in [2.45, 2.75) is 230 Å². The van der Waals surface area contributed by atoms with Gasteiger partial charge in [-0.25, -0.2) is 0 Å². The predicted molar refractivity (Wildman–Crippen MR) is 230 cm³/mol. The van der Waals surface area contributed by atoms with Crippen LogP contribution in [0.1, 0.15) is 187 Å². The number of ether oxygens (including phenoxy) is 2. The van der Waals surface area contributed by atoms with E-state index in [1.54, 1.807) is 6.08 Å². The van der Waals surface area contributed by atoms with Crippen LogP contribution in [0.5, 0.6) is 0 Å². The van der Waals surface area contributed by atoms with Gasteiger partial charge in [-0.05, 0) is 64.2 Å². The van der Waals surface area contributed by atoms with Crippen LogP contribution in [-0.4, -0.2) is 87.5 Å². The van der Waals surface area contributed by atoms with Crippen LogP contribution >= 0.6 is 0 Å². The first-order valence-electron chi connectivity index (χ1n) is 22.9. The molecule has 0 saturated carbocycles. The fourth-order valence-electron chi connectivity index (χ4n) is 6.87. The van der Waals surface area contributed by atoms with Crippen molar-refractivity contribution in [2.75, 3.05) is 13.2 Å². The summed E-state index contributed by atoms with van der Waals surface area (Å²) in [6.45, 7) is 3.68. The molecule has 0 aromatic rings. The van der Waals surface area contributed by atoms with Crippen LogP contribution in [0.2, 0.25) is 0 Å². The normalized spacial score (nSPS) is 21.6. The number of hydrogen-bond acceptors (Lipinski definition) is 8. The maximum Gasteiger partial charge on any atom is 0.220 e. The minimum absolute atomic E-state index is 0.208. The summed E-state index contributed by atoms with van der Waals surface area (Å²) in [5.41, 5.74) is 0. The average Bonchev–Trinajstić information content (AvgIpc) is 3.20. The lowest BCUT2D eigenvalue weighted by molar-refractivity contribution is -0.302. The Labute approximate surface area is 342 Å². The first kappa shape index (κ1) is 52.2. The van der Waals surface area contributed by atoms with Gasteiger partial charge < -0.3 is 40.3 Å². The van der Waals surface area contributed by atoms with E-state index in [2.05, 4.69) is 55.6 Å². The lowest BCUT2D eigenvalue weighted by Gasteiger charge is -2.40. The van der Waals surface area contributed by atoms with Crippen molar-refractivity contribution >= 4 is 5.91 Å². The van der Waals surface area contributed by atoms with Gasteiger partial charge in [0.1, 0.15) is 24.4 Å². The largest absolute Gasteiger partial charge is 0.394 e. The third kappa shape index (κ3) is 27.7. The second-order valence-corrected chi connectivity index (χ2v) is 15.8. The lowest BCUT2D eigenvalue weighted by Crippen LogP contribution is -2.60. The molecule has 0 bridgehead atoms. The van der Waals surface area contributed by atoms with Crippen LogP contribution in [0, 0.1) is 0 Å². The van der Waals surface area contributed by atoms with Crippen LogP contribution in [0.25, 0.3) is 0 Å². The Bertz CT molecular complexity index is 1010. The van der Waals surface area contributed by atoms with E-state index in [-0.39, 0.29) is 12.5 Å². The first-order valence-corrected chi connectivity index (χ1v) is 22.9. The molecular formula is C47H85NO8. The highest BCUT2D eigenvalue weighted by molar-refractivity contribution is 5.76. The van der Waals surface area contributed by atoms with E-state index in [4.69, 9.17) is 9.47 Å². The van der Waals surface area contributed by atoms with E-state index in [0.717, 1.165) is 64.2 Å². The van der Waals surface area contributed by atoms with Gasteiger partial charge in [-0.2, -0.15) is 0 Å². The number of aliphatic hydroxyl groups is 5. The Hall–Kier alpha value is -1.85. The summed E-state index contributed by atoms with van der Waals surface area (Å²) in [6, 6.07) is -0.832. The third-order valence-electron chi connectivity index (χ3n) is 10.6. The Morgan fingerprint density at radius 3 is 1.55 bits per heavy atom. The molecule has 0 aromatic carbocycles. The van der Waals surface area contributed by atoms with Gasteiger partial charge in [0, 0.05) is 6.42 Å². The lowest BCUT2D eigenvalue weighted by atomic mass is 9.99. The maximum absolute atomic E-state index is 12.9.